The van der Waals surface area contributed by atoms with Crippen LogP contribution in [0.2, 0.25) is 5.02 Å². The Labute approximate surface area is 193 Å². The van der Waals surface area contributed by atoms with E-state index < -0.39 is 0 Å². The molecule has 0 saturated heterocycles. The zero-order valence-corrected chi connectivity index (χ0v) is 20.2. The van der Waals surface area contributed by atoms with E-state index in [1.54, 1.807) is 0 Å². The van der Waals surface area contributed by atoms with E-state index >= 15 is 0 Å². The molecule has 0 bridgehead atoms. The monoisotopic (exact) mass is 502 g/mol. The van der Waals surface area contributed by atoms with Gasteiger partial charge in [0.1, 0.15) is 16.9 Å². The van der Waals surface area contributed by atoms with Crippen molar-refractivity contribution in [2.75, 3.05) is 32.5 Å². The lowest BCUT2D eigenvalue weighted by Gasteiger charge is -2.29. The number of nitrogens with zero attached hydrogens (tertiary/aromatic N) is 2. The lowest BCUT2D eigenvalue weighted by Crippen LogP contribution is -2.34. The van der Waals surface area contributed by atoms with Crippen LogP contribution in [0.3, 0.4) is 0 Å². The van der Waals surface area contributed by atoms with Crippen molar-refractivity contribution in [1.82, 2.24) is 14.9 Å². The molecule has 0 radical (unpaired) electrons. The molecule has 0 fully saturated rings. The number of rotatable bonds is 6. The third-order valence-electron chi connectivity index (χ3n) is 5.03. The van der Waals surface area contributed by atoms with Crippen LogP contribution in [0.5, 0.6) is 0 Å². The summed E-state index contributed by atoms with van der Waals surface area (Å²) in [6.45, 7) is 6.20. The Morgan fingerprint density at radius 1 is 1.23 bits per heavy atom. The summed E-state index contributed by atoms with van der Waals surface area (Å²) in [6, 6.07) is 11.2. The summed E-state index contributed by atoms with van der Waals surface area (Å²) >= 11 is 10.0. The SMILES string of the molecule is CN(C)CC(C)(C)CNc1ccc(-c2nc3c(oc4ccc(Br)cc43)c(=O)[nH]2)c(Cl)c1. The molecule has 0 unspecified atom stereocenters. The Morgan fingerprint density at radius 2 is 2.00 bits per heavy atom. The molecule has 0 amide bonds. The lowest BCUT2D eigenvalue weighted by atomic mass is 9.93. The first-order valence-electron chi connectivity index (χ1n) is 9.93. The number of halogens is 2. The second-order valence-electron chi connectivity index (χ2n) is 8.78. The average molecular weight is 504 g/mol. The van der Waals surface area contributed by atoms with Crippen molar-refractivity contribution in [2.24, 2.45) is 5.41 Å². The molecule has 0 aliphatic carbocycles. The molecule has 2 aromatic heterocycles. The smallest absolute Gasteiger partial charge is 0.294 e. The lowest BCUT2D eigenvalue weighted by molar-refractivity contribution is 0.254. The van der Waals surface area contributed by atoms with Gasteiger partial charge in [0.25, 0.3) is 5.56 Å². The summed E-state index contributed by atoms with van der Waals surface area (Å²) in [5, 5.41) is 4.73. The van der Waals surface area contributed by atoms with Gasteiger partial charge in [0.15, 0.2) is 0 Å². The molecule has 0 saturated carbocycles. The summed E-state index contributed by atoms with van der Waals surface area (Å²) < 4.78 is 6.58. The number of hydrogen-bond acceptors (Lipinski definition) is 5. The van der Waals surface area contributed by atoms with E-state index in [-0.39, 0.29) is 16.6 Å². The standard InChI is InChI=1S/C23H24BrClN4O2/c1-23(2,12-29(3)4)11-26-14-6-7-15(17(25)10-14)21-27-19-16-9-13(24)5-8-18(16)31-20(19)22(30)28-21/h5-10,26H,11-12H2,1-4H3,(H,27,28,30). The van der Waals surface area contributed by atoms with E-state index in [4.69, 9.17) is 16.0 Å². The third kappa shape index (κ3) is 4.63. The van der Waals surface area contributed by atoms with E-state index in [0.717, 1.165) is 28.6 Å². The predicted molar refractivity (Wildman–Crippen MR) is 131 cm³/mol. The van der Waals surface area contributed by atoms with Crippen molar-refractivity contribution in [3.8, 4) is 11.4 Å². The van der Waals surface area contributed by atoms with Crippen LogP contribution in [-0.2, 0) is 0 Å². The highest BCUT2D eigenvalue weighted by Gasteiger charge is 2.19. The summed E-state index contributed by atoms with van der Waals surface area (Å²) in [5.74, 6) is 0.407. The Morgan fingerprint density at radius 3 is 2.71 bits per heavy atom. The maximum absolute atomic E-state index is 12.6. The van der Waals surface area contributed by atoms with Crippen molar-refractivity contribution >= 4 is 55.3 Å². The highest BCUT2D eigenvalue weighted by Crippen LogP contribution is 2.32. The van der Waals surface area contributed by atoms with E-state index in [2.05, 4.69) is 64.1 Å². The van der Waals surface area contributed by atoms with Crippen LogP contribution in [0, 0.1) is 5.41 Å². The first-order chi connectivity index (χ1) is 14.6. The molecular weight excluding hydrogens is 480 g/mol. The van der Waals surface area contributed by atoms with Crippen molar-refractivity contribution in [1.29, 1.82) is 0 Å². The topological polar surface area (TPSA) is 74.2 Å². The zero-order valence-electron chi connectivity index (χ0n) is 17.8. The molecule has 4 rings (SSSR count). The highest BCUT2D eigenvalue weighted by molar-refractivity contribution is 9.10. The Balaban J connectivity index is 1.67. The fourth-order valence-corrected chi connectivity index (χ4v) is 4.45. The van der Waals surface area contributed by atoms with Crippen LogP contribution in [-0.4, -0.2) is 42.1 Å². The van der Waals surface area contributed by atoms with E-state index in [1.807, 2.05) is 36.4 Å². The molecule has 8 heteroatoms. The zero-order chi connectivity index (χ0) is 22.3. The van der Waals surface area contributed by atoms with Gasteiger partial charge in [0.2, 0.25) is 5.58 Å². The van der Waals surface area contributed by atoms with Gasteiger partial charge in [-0.05, 0) is 55.9 Å². The summed E-state index contributed by atoms with van der Waals surface area (Å²) in [5.41, 5.74) is 2.66. The van der Waals surface area contributed by atoms with Gasteiger partial charge in [-0.2, -0.15) is 0 Å². The second-order valence-corrected chi connectivity index (χ2v) is 10.1. The van der Waals surface area contributed by atoms with Gasteiger partial charge in [0.05, 0.1) is 5.02 Å². The number of hydrogen-bond donors (Lipinski definition) is 2. The van der Waals surface area contributed by atoms with E-state index in [9.17, 15) is 4.79 Å². The second kappa shape index (κ2) is 8.30. The van der Waals surface area contributed by atoms with Crippen molar-refractivity contribution < 1.29 is 4.42 Å². The molecule has 2 N–H and O–H groups in total. The number of benzene rings is 2. The molecule has 2 heterocycles. The van der Waals surface area contributed by atoms with Crippen LogP contribution < -0.4 is 10.9 Å². The molecule has 0 aliphatic heterocycles. The quantitative estimate of drug-likeness (QED) is 0.350. The fraction of sp³-hybridized carbons (Fsp3) is 0.304. The molecule has 0 aliphatic rings. The molecule has 31 heavy (non-hydrogen) atoms. The normalized spacial score (nSPS) is 12.2. The first-order valence-corrected chi connectivity index (χ1v) is 11.1. The average Bonchev–Trinajstić information content (AvgIpc) is 3.04. The van der Waals surface area contributed by atoms with Gasteiger partial charge in [0, 0.05) is 34.2 Å². The van der Waals surface area contributed by atoms with Crippen LogP contribution in [0.25, 0.3) is 33.5 Å². The van der Waals surface area contributed by atoms with Gasteiger partial charge in [-0.15, -0.1) is 0 Å². The number of furan rings is 1. The fourth-order valence-electron chi connectivity index (χ4n) is 3.82. The van der Waals surface area contributed by atoms with Crippen molar-refractivity contribution in [3.05, 3.63) is 56.2 Å². The molecular formula is C23H24BrClN4O2. The van der Waals surface area contributed by atoms with Crippen LogP contribution in [0.4, 0.5) is 5.69 Å². The molecule has 2 aromatic carbocycles. The Hall–Kier alpha value is -2.35. The van der Waals surface area contributed by atoms with Crippen LogP contribution in [0.15, 0.2) is 50.1 Å². The number of nitrogens with one attached hydrogen (secondary N) is 2. The molecule has 6 nitrogen and oxygen atoms in total. The summed E-state index contributed by atoms with van der Waals surface area (Å²) in [6.07, 6.45) is 0. The predicted octanol–water partition coefficient (Wildman–Crippen LogP) is 5.75. The summed E-state index contributed by atoms with van der Waals surface area (Å²) in [4.78, 5) is 22.3. The van der Waals surface area contributed by atoms with Crippen LogP contribution >= 0.6 is 27.5 Å². The number of H-pyrrole nitrogens is 1. The minimum Gasteiger partial charge on any atom is -0.449 e. The van der Waals surface area contributed by atoms with Gasteiger partial charge < -0.3 is 19.6 Å². The maximum Gasteiger partial charge on any atom is 0.294 e. The molecule has 4 aromatic rings. The highest BCUT2D eigenvalue weighted by atomic mass is 79.9. The van der Waals surface area contributed by atoms with Crippen molar-refractivity contribution in [3.63, 3.8) is 0 Å². The van der Waals surface area contributed by atoms with Crippen molar-refractivity contribution in [2.45, 2.75) is 13.8 Å². The van der Waals surface area contributed by atoms with E-state index in [0.29, 0.717) is 27.5 Å². The molecule has 0 spiro atoms. The van der Waals surface area contributed by atoms with E-state index in [1.165, 1.54) is 0 Å². The minimum atomic E-state index is -0.337. The minimum absolute atomic E-state index is 0.100. The van der Waals surface area contributed by atoms with Gasteiger partial charge in [-0.1, -0.05) is 41.4 Å². The largest absolute Gasteiger partial charge is 0.449 e. The number of fused-ring (bicyclic) bond motifs is 3. The molecule has 162 valence electrons. The maximum atomic E-state index is 12.6. The number of aromatic amines is 1. The Bertz CT molecular complexity index is 1330. The Kier molecular flexibility index (Phi) is 5.85. The number of aromatic nitrogens is 2. The van der Waals surface area contributed by atoms with Crippen LogP contribution in [0.1, 0.15) is 13.8 Å². The molecule has 0 atom stereocenters. The van der Waals surface area contributed by atoms with Gasteiger partial charge in [-0.3, -0.25) is 4.79 Å². The number of anilines is 1. The summed E-state index contributed by atoms with van der Waals surface area (Å²) in [7, 11) is 4.14. The van der Waals surface area contributed by atoms with Gasteiger partial charge in [-0.25, -0.2) is 4.98 Å². The first kappa shape index (κ1) is 21.9. The van der Waals surface area contributed by atoms with Gasteiger partial charge >= 0.3 is 0 Å². The third-order valence-corrected chi connectivity index (χ3v) is 5.83.